The van der Waals surface area contributed by atoms with Gasteiger partial charge < -0.3 is 10.1 Å². The van der Waals surface area contributed by atoms with Gasteiger partial charge in [0, 0.05) is 36.5 Å². The number of amides is 1. The largest absolute Gasteiger partial charge is 0.462 e. The molecule has 3 aromatic carbocycles. The van der Waals surface area contributed by atoms with Gasteiger partial charge in [0.2, 0.25) is 5.91 Å². The van der Waals surface area contributed by atoms with E-state index in [4.69, 9.17) is 4.74 Å². The Bertz CT molecular complexity index is 1360. The highest BCUT2D eigenvalue weighted by Gasteiger charge is 2.30. The SMILES string of the molecule is CCOC(=O)c1c(-c2ccccc2)csc1NC(=O)CCN(Cc1cccc2ccccc12)C1CC1. The van der Waals surface area contributed by atoms with E-state index in [2.05, 4.69) is 52.7 Å². The molecule has 0 aliphatic heterocycles. The molecule has 1 N–H and O–H groups in total. The Morgan fingerprint density at radius 1 is 1.00 bits per heavy atom. The molecule has 0 atom stereocenters. The van der Waals surface area contributed by atoms with E-state index in [1.807, 2.05) is 35.7 Å². The van der Waals surface area contributed by atoms with Crippen molar-refractivity contribution in [3.8, 4) is 11.1 Å². The number of esters is 1. The second-order valence-corrected chi connectivity index (χ2v) is 9.96. The third-order valence-corrected chi connectivity index (χ3v) is 7.45. The molecular weight excluding hydrogens is 468 g/mol. The van der Waals surface area contributed by atoms with Gasteiger partial charge in [-0.15, -0.1) is 11.3 Å². The van der Waals surface area contributed by atoms with Crippen molar-refractivity contribution in [2.45, 2.75) is 38.8 Å². The predicted molar refractivity (Wildman–Crippen MR) is 146 cm³/mol. The van der Waals surface area contributed by atoms with Crippen molar-refractivity contribution in [1.82, 2.24) is 4.90 Å². The van der Waals surface area contributed by atoms with Crippen LogP contribution in [0.25, 0.3) is 21.9 Å². The fourth-order valence-corrected chi connectivity index (χ4v) is 5.57. The van der Waals surface area contributed by atoms with Crippen molar-refractivity contribution >= 4 is 39.0 Å². The molecule has 1 amide bonds. The molecule has 1 saturated carbocycles. The van der Waals surface area contributed by atoms with Crippen LogP contribution in [0.3, 0.4) is 0 Å². The average molecular weight is 499 g/mol. The number of ether oxygens (including phenoxy) is 1. The lowest BCUT2D eigenvalue weighted by Gasteiger charge is -2.22. The molecule has 0 radical (unpaired) electrons. The number of nitrogens with zero attached hydrogens (tertiary/aromatic N) is 1. The van der Waals surface area contributed by atoms with E-state index in [0.29, 0.717) is 29.6 Å². The van der Waals surface area contributed by atoms with E-state index in [-0.39, 0.29) is 12.5 Å². The summed E-state index contributed by atoms with van der Waals surface area (Å²) in [5, 5.41) is 7.96. The summed E-state index contributed by atoms with van der Waals surface area (Å²) in [6.45, 7) is 3.56. The minimum atomic E-state index is -0.413. The number of hydrogen-bond donors (Lipinski definition) is 1. The van der Waals surface area contributed by atoms with Crippen LogP contribution in [0.1, 0.15) is 42.1 Å². The minimum Gasteiger partial charge on any atom is -0.462 e. The Morgan fingerprint density at radius 3 is 2.53 bits per heavy atom. The van der Waals surface area contributed by atoms with Crippen LogP contribution in [0.4, 0.5) is 5.00 Å². The lowest BCUT2D eigenvalue weighted by molar-refractivity contribution is -0.116. The molecule has 0 bridgehead atoms. The number of carbonyl (C=O) groups excluding carboxylic acids is 2. The van der Waals surface area contributed by atoms with Crippen LogP contribution >= 0.6 is 11.3 Å². The second-order valence-electron chi connectivity index (χ2n) is 9.08. The molecule has 1 fully saturated rings. The lowest BCUT2D eigenvalue weighted by atomic mass is 10.0. The van der Waals surface area contributed by atoms with Crippen molar-refractivity contribution in [3.05, 3.63) is 89.3 Å². The average Bonchev–Trinajstić information content (AvgIpc) is 3.67. The standard InChI is InChI=1S/C30H30N2O3S/c1-2-35-30(34)28-26(22-9-4-3-5-10-22)20-36-29(28)31-27(33)17-18-32(24-15-16-24)19-23-13-8-12-21-11-6-7-14-25(21)23/h3-14,20,24H,2,15-19H2,1H3,(H,31,33). The number of benzene rings is 3. The fraction of sp³-hybridized carbons (Fsp3) is 0.267. The highest BCUT2D eigenvalue weighted by molar-refractivity contribution is 7.15. The maximum absolute atomic E-state index is 13.0. The summed E-state index contributed by atoms with van der Waals surface area (Å²) in [6.07, 6.45) is 2.71. The van der Waals surface area contributed by atoms with Crippen LogP contribution in [-0.2, 0) is 16.1 Å². The quantitative estimate of drug-likeness (QED) is 0.246. The Labute approximate surface area is 215 Å². The van der Waals surface area contributed by atoms with Crippen molar-refractivity contribution in [2.24, 2.45) is 0 Å². The molecule has 36 heavy (non-hydrogen) atoms. The van der Waals surface area contributed by atoms with Gasteiger partial charge in [-0.3, -0.25) is 9.69 Å². The second kappa shape index (κ2) is 11.1. The zero-order valence-corrected chi connectivity index (χ0v) is 21.2. The number of thiophene rings is 1. The van der Waals surface area contributed by atoms with Crippen LogP contribution in [0.2, 0.25) is 0 Å². The molecule has 1 aliphatic rings. The Balaban J connectivity index is 1.29. The van der Waals surface area contributed by atoms with Gasteiger partial charge in [-0.2, -0.15) is 0 Å². The van der Waals surface area contributed by atoms with E-state index < -0.39 is 5.97 Å². The Kier molecular flexibility index (Phi) is 7.44. The third kappa shape index (κ3) is 5.50. The van der Waals surface area contributed by atoms with E-state index in [9.17, 15) is 9.59 Å². The fourth-order valence-electron chi connectivity index (χ4n) is 4.60. The summed E-state index contributed by atoms with van der Waals surface area (Å²) < 4.78 is 5.32. The Morgan fingerprint density at radius 2 is 1.75 bits per heavy atom. The molecule has 5 rings (SSSR count). The summed E-state index contributed by atoms with van der Waals surface area (Å²) in [5.41, 5.74) is 3.42. The molecule has 184 valence electrons. The summed E-state index contributed by atoms with van der Waals surface area (Å²) in [4.78, 5) is 28.2. The predicted octanol–water partition coefficient (Wildman–Crippen LogP) is 6.74. The first-order valence-electron chi connectivity index (χ1n) is 12.5. The monoisotopic (exact) mass is 498 g/mol. The Hall–Kier alpha value is -3.48. The van der Waals surface area contributed by atoms with Crippen LogP contribution < -0.4 is 5.32 Å². The molecule has 1 aromatic heterocycles. The zero-order valence-electron chi connectivity index (χ0n) is 20.4. The van der Waals surface area contributed by atoms with Crippen molar-refractivity contribution in [3.63, 3.8) is 0 Å². The highest BCUT2D eigenvalue weighted by Crippen LogP contribution is 2.36. The summed E-state index contributed by atoms with van der Waals surface area (Å²) in [6, 6.07) is 25.1. The van der Waals surface area contributed by atoms with Gasteiger partial charge in [0.25, 0.3) is 0 Å². The van der Waals surface area contributed by atoms with E-state index in [1.165, 1.54) is 40.5 Å². The molecule has 5 nitrogen and oxygen atoms in total. The molecule has 0 saturated heterocycles. The van der Waals surface area contributed by atoms with E-state index >= 15 is 0 Å². The maximum Gasteiger partial charge on any atom is 0.341 e. The van der Waals surface area contributed by atoms with Crippen LogP contribution in [0.5, 0.6) is 0 Å². The van der Waals surface area contributed by atoms with E-state index in [1.54, 1.807) is 6.92 Å². The minimum absolute atomic E-state index is 0.0921. The number of carbonyl (C=O) groups is 2. The van der Waals surface area contributed by atoms with Gasteiger partial charge >= 0.3 is 5.97 Å². The van der Waals surface area contributed by atoms with E-state index in [0.717, 1.165) is 17.7 Å². The zero-order chi connectivity index (χ0) is 24.9. The number of nitrogens with one attached hydrogen (secondary N) is 1. The molecule has 4 aromatic rings. The number of anilines is 1. The van der Waals surface area contributed by atoms with Crippen LogP contribution in [0.15, 0.2) is 78.2 Å². The maximum atomic E-state index is 13.0. The number of fused-ring (bicyclic) bond motifs is 1. The first kappa shape index (κ1) is 24.2. The van der Waals surface area contributed by atoms with Crippen molar-refractivity contribution < 1.29 is 14.3 Å². The lowest BCUT2D eigenvalue weighted by Crippen LogP contribution is -2.29. The molecule has 0 unspecified atom stereocenters. The smallest absolute Gasteiger partial charge is 0.341 e. The number of hydrogen-bond acceptors (Lipinski definition) is 5. The topological polar surface area (TPSA) is 58.6 Å². The number of rotatable bonds is 10. The summed E-state index contributed by atoms with van der Waals surface area (Å²) in [7, 11) is 0. The third-order valence-electron chi connectivity index (χ3n) is 6.55. The van der Waals surface area contributed by atoms with Crippen LogP contribution in [-0.4, -0.2) is 36.0 Å². The van der Waals surface area contributed by atoms with Gasteiger partial charge in [0.05, 0.1) is 6.61 Å². The summed E-state index contributed by atoms with van der Waals surface area (Å²) in [5.74, 6) is -0.506. The van der Waals surface area contributed by atoms with Gasteiger partial charge in [0.1, 0.15) is 10.6 Å². The van der Waals surface area contributed by atoms with Crippen LogP contribution in [0, 0.1) is 0 Å². The summed E-state index contributed by atoms with van der Waals surface area (Å²) >= 11 is 1.36. The molecular formula is C30H30N2O3S. The van der Waals surface area contributed by atoms with Gasteiger partial charge in [-0.05, 0) is 41.7 Å². The first-order chi connectivity index (χ1) is 17.6. The van der Waals surface area contributed by atoms with Crippen molar-refractivity contribution in [1.29, 1.82) is 0 Å². The molecule has 1 heterocycles. The molecule has 6 heteroatoms. The van der Waals surface area contributed by atoms with Gasteiger partial charge in [-0.1, -0.05) is 72.8 Å². The van der Waals surface area contributed by atoms with Crippen molar-refractivity contribution in [2.75, 3.05) is 18.5 Å². The normalized spacial score (nSPS) is 13.2. The first-order valence-corrected chi connectivity index (χ1v) is 13.4. The molecule has 0 spiro atoms. The molecule has 1 aliphatic carbocycles. The van der Waals surface area contributed by atoms with Gasteiger partial charge in [0.15, 0.2) is 0 Å². The van der Waals surface area contributed by atoms with Gasteiger partial charge in [-0.25, -0.2) is 4.79 Å². The highest BCUT2D eigenvalue weighted by atomic mass is 32.1.